The fraction of sp³-hybridized carbons (Fsp3) is 0.241. The molecule has 8 nitrogen and oxygen atoms in total. The molecule has 3 aromatic carbocycles. The second-order valence-corrected chi connectivity index (χ2v) is 10.8. The Kier molecular flexibility index (Phi) is 7.93. The molecule has 1 heterocycles. The number of nitrogens with one attached hydrogen (secondary N) is 4. The van der Waals surface area contributed by atoms with Gasteiger partial charge in [0.2, 0.25) is 0 Å². The topological polar surface area (TPSA) is 112 Å². The average Bonchev–Trinajstić information content (AvgIpc) is 3.58. The number of urea groups is 1. The van der Waals surface area contributed by atoms with Crippen LogP contribution in [0.15, 0.2) is 60.7 Å². The first-order valence-corrected chi connectivity index (χ1v) is 13.8. The van der Waals surface area contributed by atoms with Crippen LogP contribution >= 0.6 is 11.3 Å². The van der Waals surface area contributed by atoms with E-state index in [0.29, 0.717) is 37.8 Å². The molecule has 12 heteroatoms. The first-order chi connectivity index (χ1) is 19.5. The summed E-state index contributed by atoms with van der Waals surface area (Å²) in [5.74, 6) is -1.12. The SMILES string of the molecule is Cc1ccc(NC(=O)c2cccc(C(F)(F)F)c2)cc1NC(=O)c1ccc2nc(NC(=O)NC3CCCC3)sc2c1. The van der Waals surface area contributed by atoms with E-state index in [1.54, 1.807) is 37.3 Å². The maximum Gasteiger partial charge on any atom is 0.416 e. The quantitative estimate of drug-likeness (QED) is 0.193. The van der Waals surface area contributed by atoms with Gasteiger partial charge in [0.1, 0.15) is 0 Å². The fourth-order valence-electron chi connectivity index (χ4n) is 4.58. The Labute approximate surface area is 237 Å². The lowest BCUT2D eigenvalue weighted by Crippen LogP contribution is -2.36. The number of alkyl halides is 3. The van der Waals surface area contributed by atoms with E-state index in [0.717, 1.165) is 37.8 Å². The van der Waals surface area contributed by atoms with Gasteiger partial charge >= 0.3 is 12.2 Å². The molecule has 0 saturated heterocycles. The molecule has 0 spiro atoms. The van der Waals surface area contributed by atoms with Crippen molar-refractivity contribution in [3.63, 3.8) is 0 Å². The van der Waals surface area contributed by atoms with Crippen LogP contribution in [-0.2, 0) is 6.18 Å². The number of anilines is 3. The van der Waals surface area contributed by atoms with Crippen LogP contribution in [-0.4, -0.2) is 28.9 Å². The van der Waals surface area contributed by atoms with Gasteiger partial charge in [0.05, 0.1) is 15.8 Å². The van der Waals surface area contributed by atoms with Crippen molar-refractivity contribution in [3.05, 3.63) is 82.9 Å². The number of hydrogen-bond donors (Lipinski definition) is 4. The second-order valence-electron chi connectivity index (χ2n) is 9.80. The Morgan fingerprint density at radius 1 is 0.878 bits per heavy atom. The van der Waals surface area contributed by atoms with E-state index < -0.39 is 23.6 Å². The first kappa shape index (κ1) is 28.1. The molecular formula is C29H26F3N5O3S. The Balaban J connectivity index is 1.26. The average molecular weight is 582 g/mol. The molecule has 1 aromatic heterocycles. The zero-order valence-corrected chi connectivity index (χ0v) is 22.7. The summed E-state index contributed by atoms with van der Waals surface area (Å²) in [6.07, 6.45) is -0.418. The van der Waals surface area contributed by atoms with E-state index in [9.17, 15) is 27.6 Å². The summed E-state index contributed by atoms with van der Waals surface area (Å²) in [5, 5.41) is 11.5. The summed E-state index contributed by atoms with van der Waals surface area (Å²) in [5.41, 5.74) is 1.38. The Morgan fingerprint density at radius 3 is 2.37 bits per heavy atom. The summed E-state index contributed by atoms with van der Waals surface area (Å²) in [6, 6.07) is 13.8. The zero-order valence-electron chi connectivity index (χ0n) is 21.9. The van der Waals surface area contributed by atoms with Crippen LogP contribution in [0.5, 0.6) is 0 Å². The number of thiazole rings is 1. The van der Waals surface area contributed by atoms with Gasteiger partial charge in [0, 0.05) is 28.5 Å². The van der Waals surface area contributed by atoms with Crippen LogP contribution in [0.2, 0.25) is 0 Å². The minimum atomic E-state index is -4.57. The van der Waals surface area contributed by atoms with E-state index in [4.69, 9.17) is 0 Å². The zero-order chi connectivity index (χ0) is 29.1. The lowest BCUT2D eigenvalue weighted by molar-refractivity contribution is -0.137. The number of amides is 4. The van der Waals surface area contributed by atoms with Crippen molar-refractivity contribution < 1.29 is 27.6 Å². The van der Waals surface area contributed by atoms with Gasteiger partial charge in [-0.3, -0.25) is 14.9 Å². The molecule has 1 fully saturated rings. The van der Waals surface area contributed by atoms with Gasteiger partial charge in [-0.1, -0.05) is 36.3 Å². The standard InChI is InChI=1S/C29H26F3N5O3S/c1-16-9-11-21(33-25(38)17-5-4-6-19(13-17)29(30,31)32)15-23(16)35-26(39)18-10-12-22-24(14-18)41-28(36-22)37-27(40)34-20-7-2-3-8-20/h4-6,9-15,20H,2-3,7-8H2,1H3,(H,33,38)(H,35,39)(H2,34,36,37,40). The largest absolute Gasteiger partial charge is 0.416 e. The fourth-order valence-corrected chi connectivity index (χ4v) is 5.48. The smallest absolute Gasteiger partial charge is 0.335 e. The predicted molar refractivity (Wildman–Crippen MR) is 153 cm³/mol. The molecule has 0 atom stereocenters. The van der Waals surface area contributed by atoms with E-state index in [-0.39, 0.29) is 17.6 Å². The van der Waals surface area contributed by atoms with Crippen LogP contribution in [0.4, 0.5) is 34.5 Å². The van der Waals surface area contributed by atoms with Gasteiger partial charge < -0.3 is 16.0 Å². The minimum Gasteiger partial charge on any atom is -0.335 e. The minimum absolute atomic E-state index is 0.145. The van der Waals surface area contributed by atoms with Crippen LogP contribution in [0.1, 0.15) is 57.5 Å². The number of hydrogen-bond acceptors (Lipinski definition) is 5. The van der Waals surface area contributed by atoms with Crippen LogP contribution in [0.25, 0.3) is 10.2 Å². The number of nitrogens with zero attached hydrogens (tertiary/aromatic N) is 1. The Morgan fingerprint density at radius 2 is 1.61 bits per heavy atom. The molecule has 0 aliphatic heterocycles. The van der Waals surface area contributed by atoms with E-state index in [2.05, 4.69) is 26.3 Å². The maximum absolute atomic E-state index is 13.1. The van der Waals surface area contributed by atoms with Crippen LogP contribution < -0.4 is 21.3 Å². The molecule has 1 saturated carbocycles. The number of aromatic nitrogens is 1. The highest BCUT2D eigenvalue weighted by molar-refractivity contribution is 7.22. The molecular weight excluding hydrogens is 555 g/mol. The van der Waals surface area contributed by atoms with E-state index in [1.165, 1.54) is 29.5 Å². The van der Waals surface area contributed by atoms with Gasteiger partial charge in [-0.2, -0.15) is 13.2 Å². The number of rotatable bonds is 6. The monoisotopic (exact) mass is 581 g/mol. The Hall–Kier alpha value is -4.45. The molecule has 4 amide bonds. The van der Waals surface area contributed by atoms with E-state index in [1.807, 2.05) is 0 Å². The molecule has 1 aliphatic rings. The normalized spacial score (nSPS) is 13.7. The van der Waals surface area contributed by atoms with Gasteiger partial charge in [0.25, 0.3) is 11.8 Å². The van der Waals surface area contributed by atoms with Gasteiger partial charge in [0.15, 0.2) is 5.13 Å². The number of halogens is 3. The summed E-state index contributed by atoms with van der Waals surface area (Å²) >= 11 is 1.25. The van der Waals surface area contributed by atoms with Crippen molar-refractivity contribution in [2.24, 2.45) is 0 Å². The highest BCUT2D eigenvalue weighted by Crippen LogP contribution is 2.30. The van der Waals surface area contributed by atoms with E-state index >= 15 is 0 Å². The number of carbonyl (C=O) groups excluding carboxylic acids is 3. The highest BCUT2D eigenvalue weighted by atomic mass is 32.1. The van der Waals surface area contributed by atoms with Gasteiger partial charge in [-0.25, -0.2) is 9.78 Å². The van der Waals surface area contributed by atoms with Crippen molar-refractivity contribution in [2.75, 3.05) is 16.0 Å². The first-order valence-electron chi connectivity index (χ1n) is 12.9. The highest BCUT2D eigenvalue weighted by Gasteiger charge is 2.31. The Bertz CT molecular complexity index is 1630. The predicted octanol–water partition coefficient (Wildman–Crippen LogP) is 7.19. The number of fused-ring (bicyclic) bond motifs is 1. The van der Waals surface area contributed by atoms with Crippen LogP contribution in [0.3, 0.4) is 0 Å². The molecule has 4 aromatic rings. The van der Waals surface area contributed by atoms with Crippen LogP contribution in [0, 0.1) is 6.92 Å². The second kappa shape index (κ2) is 11.6. The lowest BCUT2D eigenvalue weighted by atomic mass is 10.1. The lowest BCUT2D eigenvalue weighted by Gasteiger charge is -2.13. The third-order valence-electron chi connectivity index (χ3n) is 6.76. The number of aryl methyl sites for hydroxylation is 1. The molecule has 5 rings (SSSR count). The number of carbonyl (C=O) groups is 3. The maximum atomic E-state index is 13.1. The molecule has 0 radical (unpaired) electrons. The molecule has 212 valence electrons. The summed E-state index contributed by atoms with van der Waals surface area (Å²) < 4.78 is 39.8. The summed E-state index contributed by atoms with van der Waals surface area (Å²) in [7, 11) is 0. The molecule has 0 unspecified atom stereocenters. The summed E-state index contributed by atoms with van der Waals surface area (Å²) in [6.45, 7) is 1.77. The van der Waals surface area contributed by atoms with Gasteiger partial charge in [-0.15, -0.1) is 0 Å². The van der Waals surface area contributed by atoms with Gasteiger partial charge in [-0.05, 0) is 73.9 Å². The van der Waals surface area contributed by atoms with Crippen molar-refractivity contribution >= 4 is 55.9 Å². The summed E-state index contributed by atoms with van der Waals surface area (Å²) in [4.78, 5) is 42.4. The molecule has 1 aliphatic carbocycles. The third kappa shape index (κ3) is 6.83. The number of benzene rings is 3. The third-order valence-corrected chi connectivity index (χ3v) is 7.69. The van der Waals surface area contributed by atoms with Crippen molar-refractivity contribution in [2.45, 2.75) is 44.8 Å². The van der Waals surface area contributed by atoms with Crippen molar-refractivity contribution in [1.29, 1.82) is 0 Å². The molecule has 0 bridgehead atoms. The van der Waals surface area contributed by atoms with Crippen molar-refractivity contribution in [1.82, 2.24) is 10.3 Å². The molecule has 4 N–H and O–H groups in total. The van der Waals surface area contributed by atoms with Crippen molar-refractivity contribution in [3.8, 4) is 0 Å². The molecule has 41 heavy (non-hydrogen) atoms.